The van der Waals surface area contributed by atoms with Gasteiger partial charge in [0.2, 0.25) is 5.91 Å². The fourth-order valence-electron chi connectivity index (χ4n) is 4.02. The molecule has 2 heterocycles. The monoisotopic (exact) mass is 480 g/mol. The van der Waals surface area contributed by atoms with Crippen LogP contribution in [-0.4, -0.2) is 35.2 Å². The van der Waals surface area contributed by atoms with Gasteiger partial charge in [-0.2, -0.15) is 0 Å². The topological polar surface area (TPSA) is 57.7 Å². The average molecular weight is 481 g/mol. The molecule has 170 valence electrons. The fraction of sp³-hybridized carbons (Fsp3) is 0.269. The molecule has 0 aliphatic carbocycles. The molecule has 0 N–H and O–H groups in total. The zero-order valence-corrected chi connectivity index (χ0v) is 20.1. The lowest BCUT2D eigenvalue weighted by Gasteiger charge is -2.27. The third kappa shape index (κ3) is 5.02. The van der Waals surface area contributed by atoms with Gasteiger partial charge in [-0.3, -0.25) is 14.4 Å². The lowest BCUT2D eigenvalue weighted by Crippen LogP contribution is -2.46. The van der Waals surface area contributed by atoms with Crippen molar-refractivity contribution < 1.29 is 14.4 Å². The quantitative estimate of drug-likeness (QED) is 0.417. The molecule has 2 aromatic carbocycles. The molecule has 0 bridgehead atoms. The molecule has 7 heteroatoms. The summed E-state index contributed by atoms with van der Waals surface area (Å²) >= 11 is 7.43. The number of nitrogens with zero attached hydrogens (tertiary/aromatic N) is 2. The summed E-state index contributed by atoms with van der Waals surface area (Å²) in [5.74, 6) is -0.556. The highest BCUT2D eigenvalue weighted by atomic mass is 35.5. The summed E-state index contributed by atoms with van der Waals surface area (Å²) < 4.78 is 0. The second-order valence-corrected chi connectivity index (χ2v) is 9.77. The molecule has 1 aromatic heterocycles. The van der Waals surface area contributed by atoms with Crippen LogP contribution in [0.2, 0.25) is 5.02 Å². The first-order valence-electron chi connectivity index (χ1n) is 10.9. The molecule has 3 amide bonds. The minimum absolute atomic E-state index is 0.0303. The highest BCUT2D eigenvalue weighted by Gasteiger charge is 2.44. The van der Waals surface area contributed by atoms with Gasteiger partial charge in [0.05, 0.1) is 17.0 Å². The molecule has 5 nitrogen and oxygen atoms in total. The summed E-state index contributed by atoms with van der Waals surface area (Å²) in [6, 6.07) is 17.6. The molecule has 3 aromatic rings. The highest BCUT2D eigenvalue weighted by molar-refractivity contribution is 7.12. The number of hydrogen-bond donors (Lipinski definition) is 0. The molecular formula is C26H25ClN2O3S. The SMILES string of the molecule is CC(C)c1ccc(N2C(=O)CC(N(CCc3cccc(Cl)c3)C(=O)c3cccs3)C2=O)cc1. The number of thiophene rings is 1. The van der Waals surface area contributed by atoms with Gasteiger partial charge in [-0.05, 0) is 59.2 Å². The third-order valence-corrected chi connectivity index (χ3v) is 6.93. The van der Waals surface area contributed by atoms with Crippen LogP contribution >= 0.6 is 22.9 Å². The van der Waals surface area contributed by atoms with E-state index in [1.54, 1.807) is 30.3 Å². The van der Waals surface area contributed by atoms with Crippen LogP contribution in [0.3, 0.4) is 0 Å². The number of anilines is 1. The Morgan fingerprint density at radius 2 is 1.88 bits per heavy atom. The third-order valence-electron chi connectivity index (χ3n) is 5.84. The van der Waals surface area contributed by atoms with Crippen molar-refractivity contribution in [2.45, 2.75) is 38.6 Å². The first kappa shape index (κ1) is 23.2. The first-order valence-corrected chi connectivity index (χ1v) is 12.2. The molecule has 0 spiro atoms. The Hall–Kier alpha value is -2.96. The van der Waals surface area contributed by atoms with E-state index in [2.05, 4.69) is 13.8 Å². The number of carbonyl (C=O) groups excluding carboxylic acids is 3. The van der Waals surface area contributed by atoms with Crippen LogP contribution in [0.1, 0.15) is 47.0 Å². The average Bonchev–Trinajstić information content (AvgIpc) is 3.42. The van der Waals surface area contributed by atoms with E-state index in [1.807, 2.05) is 35.7 Å². The van der Waals surface area contributed by atoms with Gasteiger partial charge in [0, 0.05) is 11.6 Å². The van der Waals surface area contributed by atoms with E-state index in [0.29, 0.717) is 34.5 Å². The molecule has 1 aliphatic rings. The van der Waals surface area contributed by atoms with Crippen molar-refractivity contribution in [2.24, 2.45) is 0 Å². The summed E-state index contributed by atoms with van der Waals surface area (Å²) in [4.78, 5) is 42.9. The summed E-state index contributed by atoms with van der Waals surface area (Å²) in [5, 5.41) is 2.44. The summed E-state index contributed by atoms with van der Waals surface area (Å²) in [7, 11) is 0. The van der Waals surface area contributed by atoms with Gasteiger partial charge < -0.3 is 4.90 Å². The molecular weight excluding hydrogens is 456 g/mol. The van der Waals surface area contributed by atoms with Gasteiger partial charge in [-0.15, -0.1) is 11.3 Å². The van der Waals surface area contributed by atoms with Crippen LogP contribution in [0.15, 0.2) is 66.0 Å². The van der Waals surface area contributed by atoms with E-state index in [1.165, 1.54) is 21.1 Å². The Labute approximate surface area is 202 Å². The maximum Gasteiger partial charge on any atom is 0.264 e. The Morgan fingerprint density at radius 1 is 1.12 bits per heavy atom. The zero-order valence-electron chi connectivity index (χ0n) is 18.5. The van der Waals surface area contributed by atoms with E-state index in [4.69, 9.17) is 11.6 Å². The molecule has 1 saturated heterocycles. The normalized spacial score (nSPS) is 16.0. The van der Waals surface area contributed by atoms with Crippen LogP contribution in [0.5, 0.6) is 0 Å². The second-order valence-electron chi connectivity index (χ2n) is 8.39. The summed E-state index contributed by atoms with van der Waals surface area (Å²) in [6.07, 6.45) is 0.496. The zero-order chi connectivity index (χ0) is 23.5. The predicted octanol–water partition coefficient (Wildman–Crippen LogP) is 5.54. The van der Waals surface area contributed by atoms with E-state index < -0.39 is 6.04 Å². The minimum Gasteiger partial charge on any atom is -0.325 e. The fourth-order valence-corrected chi connectivity index (χ4v) is 4.91. The molecule has 1 aliphatic heterocycles. The maximum atomic E-state index is 13.4. The first-order chi connectivity index (χ1) is 15.8. The van der Waals surface area contributed by atoms with E-state index in [0.717, 1.165) is 11.1 Å². The van der Waals surface area contributed by atoms with Gasteiger partial charge >= 0.3 is 0 Å². The van der Waals surface area contributed by atoms with Gasteiger partial charge in [0.25, 0.3) is 11.8 Å². The van der Waals surface area contributed by atoms with Crippen LogP contribution in [-0.2, 0) is 16.0 Å². The summed E-state index contributed by atoms with van der Waals surface area (Å²) in [5.41, 5.74) is 2.63. The largest absolute Gasteiger partial charge is 0.325 e. The number of carbonyl (C=O) groups is 3. The summed E-state index contributed by atoms with van der Waals surface area (Å²) in [6.45, 7) is 4.48. The van der Waals surface area contributed by atoms with Crippen molar-refractivity contribution in [3.63, 3.8) is 0 Å². The van der Waals surface area contributed by atoms with E-state index in [-0.39, 0.29) is 24.1 Å². The highest BCUT2D eigenvalue weighted by Crippen LogP contribution is 2.29. The van der Waals surface area contributed by atoms with Crippen LogP contribution in [0, 0.1) is 0 Å². The Morgan fingerprint density at radius 3 is 2.52 bits per heavy atom. The number of rotatable bonds is 7. The number of benzene rings is 2. The minimum atomic E-state index is -0.837. The molecule has 4 rings (SSSR count). The van der Waals surface area contributed by atoms with Crippen molar-refractivity contribution in [3.05, 3.63) is 87.1 Å². The predicted molar refractivity (Wildman–Crippen MR) is 132 cm³/mol. The van der Waals surface area contributed by atoms with Gasteiger partial charge in [-0.1, -0.05) is 55.8 Å². The molecule has 1 fully saturated rings. The number of imide groups is 1. The lowest BCUT2D eigenvalue weighted by molar-refractivity contribution is -0.122. The van der Waals surface area contributed by atoms with Crippen molar-refractivity contribution in [1.29, 1.82) is 0 Å². The molecule has 1 atom stereocenters. The van der Waals surface area contributed by atoms with Gasteiger partial charge in [0.1, 0.15) is 6.04 Å². The Kier molecular flexibility index (Phi) is 6.96. The Bertz CT molecular complexity index is 1160. The van der Waals surface area contributed by atoms with Crippen LogP contribution in [0.25, 0.3) is 0 Å². The van der Waals surface area contributed by atoms with E-state index >= 15 is 0 Å². The van der Waals surface area contributed by atoms with Crippen LogP contribution in [0.4, 0.5) is 5.69 Å². The Balaban J connectivity index is 1.60. The van der Waals surface area contributed by atoms with Crippen molar-refractivity contribution >= 4 is 46.3 Å². The van der Waals surface area contributed by atoms with Crippen molar-refractivity contribution in [3.8, 4) is 0 Å². The van der Waals surface area contributed by atoms with Crippen molar-refractivity contribution in [1.82, 2.24) is 4.90 Å². The number of amides is 3. The smallest absolute Gasteiger partial charge is 0.264 e. The standard InChI is InChI=1S/C26H25ClN2O3S/c1-17(2)19-8-10-21(11-9-19)29-24(30)16-22(25(29)31)28(26(32)23-7-4-14-33-23)13-12-18-5-3-6-20(27)15-18/h3-11,14-15,17,22H,12-13,16H2,1-2H3. The molecule has 0 saturated carbocycles. The molecule has 0 radical (unpaired) electrons. The molecule has 1 unspecified atom stereocenters. The van der Waals surface area contributed by atoms with Crippen molar-refractivity contribution in [2.75, 3.05) is 11.4 Å². The number of halogens is 1. The molecule has 33 heavy (non-hydrogen) atoms. The van der Waals surface area contributed by atoms with Gasteiger partial charge in [0.15, 0.2) is 0 Å². The second kappa shape index (κ2) is 9.89. The van der Waals surface area contributed by atoms with Crippen LogP contribution < -0.4 is 4.90 Å². The lowest BCUT2D eigenvalue weighted by atomic mass is 10.0. The maximum absolute atomic E-state index is 13.4. The number of hydrogen-bond acceptors (Lipinski definition) is 4. The van der Waals surface area contributed by atoms with Gasteiger partial charge in [-0.25, -0.2) is 4.90 Å². The van der Waals surface area contributed by atoms with E-state index in [9.17, 15) is 14.4 Å².